The Balaban J connectivity index is 1.57. The van der Waals surface area contributed by atoms with Gasteiger partial charge in [0.25, 0.3) is 5.91 Å². The molecule has 4 rings (SSSR count). The quantitative estimate of drug-likeness (QED) is 0.717. The molecule has 2 amide bonds. The van der Waals surface area contributed by atoms with Gasteiger partial charge in [0.1, 0.15) is 0 Å². The number of nitrogens with one attached hydrogen (secondary N) is 2. The molecule has 0 bridgehead atoms. The summed E-state index contributed by atoms with van der Waals surface area (Å²) >= 11 is 0. The standard InChI is InChI=1S/C22H22N4O2/c1-2-21(27)26-19(10-15-13-23-24-14-15)12-17-11-18(8-9-20(17)26)25-22(28)16-6-4-3-5-7-16/h3-9,11,13-14,19H,2,10,12H2,1H3,(H,23,24)(H,25,28). The second-order valence-corrected chi connectivity index (χ2v) is 6.95. The summed E-state index contributed by atoms with van der Waals surface area (Å²) in [5, 5.41) is 9.78. The molecule has 0 fully saturated rings. The Kier molecular flexibility index (Phi) is 4.93. The first kappa shape index (κ1) is 18.0. The van der Waals surface area contributed by atoms with Gasteiger partial charge in [0, 0.05) is 35.6 Å². The predicted octanol–water partition coefficient (Wildman–Crippen LogP) is 3.57. The van der Waals surface area contributed by atoms with Crippen LogP contribution in [-0.4, -0.2) is 28.1 Å². The van der Waals surface area contributed by atoms with Crippen LogP contribution in [0.5, 0.6) is 0 Å². The van der Waals surface area contributed by atoms with Gasteiger partial charge in [-0.3, -0.25) is 14.7 Å². The van der Waals surface area contributed by atoms with Crippen LogP contribution in [0.15, 0.2) is 60.9 Å². The van der Waals surface area contributed by atoms with E-state index in [-0.39, 0.29) is 17.9 Å². The van der Waals surface area contributed by atoms with Crippen LogP contribution in [0, 0.1) is 0 Å². The normalized spacial score (nSPS) is 15.3. The van der Waals surface area contributed by atoms with E-state index in [1.807, 2.05) is 54.4 Å². The van der Waals surface area contributed by atoms with Crippen LogP contribution in [0.1, 0.15) is 34.8 Å². The SMILES string of the molecule is CCC(=O)N1c2ccc(NC(=O)c3ccccc3)cc2CC1Cc1cn[nH]c1. The molecule has 0 saturated heterocycles. The Morgan fingerprint density at radius 2 is 2.04 bits per heavy atom. The highest BCUT2D eigenvalue weighted by atomic mass is 16.2. The molecule has 142 valence electrons. The van der Waals surface area contributed by atoms with Crippen molar-refractivity contribution < 1.29 is 9.59 Å². The number of amides is 2. The lowest BCUT2D eigenvalue weighted by atomic mass is 10.0. The molecule has 1 atom stereocenters. The van der Waals surface area contributed by atoms with E-state index >= 15 is 0 Å². The Hall–Kier alpha value is -3.41. The maximum absolute atomic E-state index is 12.6. The molecular formula is C22H22N4O2. The topological polar surface area (TPSA) is 78.1 Å². The third-order valence-corrected chi connectivity index (χ3v) is 5.05. The molecule has 6 heteroatoms. The molecule has 0 saturated carbocycles. The van der Waals surface area contributed by atoms with Crippen LogP contribution in [0.2, 0.25) is 0 Å². The number of benzene rings is 2. The van der Waals surface area contributed by atoms with Gasteiger partial charge < -0.3 is 10.2 Å². The molecule has 2 N–H and O–H groups in total. The summed E-state index contributed by atoms with van der Waals surface area (Å²) in [5.74, 6) is -0.0386. The van der Waals surface area contributed by atoms with Gasteiger partial charge in [0.05, 0.1) is 6.20 Å². The molecule has 1 aliphatic heterocycles. The molecule has 6 nitrogen and oxygen atoms in total. The molecule has 1 unspecified atom stereocenters. The van der Waals surface area contributed by atoms with E-state index in [9.17, 15) is 9.59 Å². The number of H-pyrrole nitrogens is 1. The van der Waals surface area contributed by atoms with Crippen LogP contribution < -0.4 is 10.2 Å². The van der Waals surface area contributed by atoms with Gasteiger partial charge in [0.2, 0.25) is 5.91 Å². The summed E-state index contributed by atoms with van der Waals surface area (Å²) in [5.41, 5.74) is 4.42. The minimum Gasteiger partial charge on any atom is -0.322 e. The molecule has 0 aliphatic carbocycles. The number of aromatic nitrogens is 2. The number of rotatable bonds is 5. The first-order valence-electron chi connectivity index (χ1n) is 9.44. The van der Waals surface area contributed by atoms with E-state index < -0.39 is 0 Å². The Morgan fingerprint density at radius 3 is 2.75 bits per heavy atom. The highest BCUT2D eigenvalue weighted by Crippen LogP contribution is 2.36. The third kappa shape index (κ3) is 3.53. The molecule has 2 heterocycles. The number of carbonyl (C=O) groups excluding carboxylic acids is 2. The van der Waals surface area contributed by atoms with Gasteiger partial charge in [0.15, 0.2) is 0 Å². The average Bonchev–Trinajstić information content (AvgIpc) is 3.35. The molecule has 0 spiro atoms. The minimum atomic E-state index is -0.144. The molecule has 0 radical (unpaired) electrons. The van der Waals surface area contributed by atoms with Crippen LogP contribution in [0.25, 0.3) is 0 Å². The van der Waals surface area contributed by atoms with E-state index in [4.69, 9.17) is 0 Å². The highest BCUT2D eigenvalue weighted by molar-refractivity contribution is 6.04. The summed E-state index contributed by atoms with van der Waals surface area (Å²) in [6.45, 7) is 1.88. The number of hydrogen-bond acceptors (Lipinski definition) is 3. The van der Waals surface area contributed by atoms with Gasteiger partial charge >= 0.3 is 0 Å². The van der Waals surface area contributed by atoms with Gasteiger partial charge in [-0.2, -0.15) is 5.10 Å². The van der Waals surface area contributed by atoms with Crippen LogP contribution in [0.4, 0.5) is 11.4 Å². The van der Waals surface area contributed by atoms with Crippen LogP contribution >= 0.6 is 0 Å². The van der Waals surface area contributed by atoms with Gasteiger partial charge in [-0.15, -0.1) is 0 Å². The van der Waals surface area contributed by atoms with Crippen molar-refractivity contribution in [3.63, 3.8) is 0 Å². The fourth-order valence-electron chi connectivity index (χ4n) is 3.73. The van der Waals surface area contributed by atoms with E-state index in [1.54, 1.807) is 18.3 Å². The monoisotopic (exact) mass is 374 g/mol. The third-order valence-electron chi connectivity index (χ3n) is 5.05. The van der Waals surface area contributed by atoms with Crippen molar-refractivity contribution in [2.45, 2.75) is 32.2 Å². The lowest BCUT2D eigenvalue weighted by Gasteiger charge is -2.25. The number of carbonyl (C=O) groups is 2. The number of hydrogen-bond donors (Lipinski definition) is 2. The van der Waals surface area contributed by atoms with Crippen molar-refractivity contribution in [2.24, 2.45) is 0 Å². The first-order valence-corrected chi connectivity index (χ1v) is 9.44. The second-order valence-electron chi connectivity index (χ2n) is 6.95. The number of anilines is 2. The number of aromatic amines is 1. The Labute approximate surface area is 163 Å². The van der Waals surface area contributed by atoms with E-state index in [2.05, 4.69) is 15.5 Å². The lowest BCUT2D eigenvalue weighted by Crippen LogP contribution is -2.38. The van der Waals surface area contributed by atoms with Crippen molar-refractivity contribution in [3.05, 3.63) is 77.6 Å². The summed E-state index contributed by atoms with van der Waals surface area (Å²) in [7, 11) is 0. The van der Waals surface area contributed by atoms with Crippen molar-refractivity contribution in [2.75, 3.05) is 10.2 Å². The van der Waals surface area contributed by atoms with Gasteiger partial charge in [-0.05, 0) is 54.3 Å². The van der Waals surface area contributed by atoms with Gasteiger partial charge in [-0.25, -0.2) is 0 Å². The molecular weight excluding hydrogens is 352 g/mol. The van der Waals surface area contributed by atoms with Gasteiger partial charge in [-0.1, -0.05) is 25.1 Å². The van der Waals surface area contributed by atoms with E-state index in [0.29, 0.717) is 12.0 Å². The average molecular weight is 374 g/mol. The summed E-state index contributed by atoms with van der Waals surface area (Å²) < 4.78 is 0. The lowest BCUT2D eigenvalue weighted by molar-refractivity contribution is -0.118. The van der Waals surface area contributed by atoms with Crippen molar-refractivity contribution >= 4 is 23.2 Å². The zero-order valence-electron chi connectivity index (χ0n) is 15.7. The van der Waals surface area contributed by atoms with E-state index in [1.165, 1.54) is 0 Å². The Morgan fingerprint density at radius 1 is 1.21 bits per heavy atom. The molecule has 1 aromatic heterocycles. The predicted molar refractivity (Wildman–Crippen MR) is 108 cm³/mol. The summed E-state index contributed by atoms with van der Waals surface area (Å²) in [6, 6.07) is 14.9. The fraction of sp³-hybridized carbons (Fsp3) is 0.227. The largest absolute Gasteiger partial charge is 0.322 e. The van der Waals surface area contributed by atoms with Crippen LogP contribution in [-0.2, 0) is 17.6 Å². The molecule has 1 aliphatic rings. The second kappa shape index (κ2) is 7.68. The maximum atomic E-state index is 12.6. The zero-order chi connectivity index (χ0) is 19.5. The number of nitrogens with zero attached hydrogens (tertiary/aromatic N) is 2. The smallest absolute Gasteiger partial charge is 0.255 e. The fourth-order valence-corrected chi connectivity index (χ4v) is 3.73. The van der Waals surface area contributed by atoms with Crippen molar-refractivity contribution in [1.29, 1.82) is 0 Å². The molecule has 2 aromatic carbocycles. The molecule has 28 heavy (non-hydrogen) atoms. The van der Waals surface area contributed by atoms with E-state index in [0.717, 1.165) is 35.3 Å². The van der Waals surface area contributed by atoms with Crippen molar-refractivity contribution in [1.82, 2.24) is 10.2 Å². The number of fused-ring (bicyclic) bond motifs is 1. The Bertz CT molecular complexity index is 983. The summed E-state index contributed by atoms with van der Waals surface area (Å²) in [4.78, 5) is 26.9. The molecule has 3 aromatic rings. The maximum Gasteiger partial charge on any atom is 0.255 e. The summed E-state index contributed by atoms with van der Waals surface area (Å²) in [6.07, 6.45) is 5.60. The van der Waals surface area contributed by atoms with Crippen LogP contribution in [0.3, 0.4) is 0 Å². The van der Waals surface area contributed by atoms with Crippen molar-refractivity contribution in [3.8, 4) is 0 Å². The first-order chi connectivity index (χ1) is 13.7. The zero-order valence-corrected chi connectivity index (χ0v) is 15.7. The minimum absolute atomic E-state index is 0.0557. The highest BCUT2D eigenvalue weighted by Gasteiger charge is 2.33.